The van der Waals surface area contributed by atoms with Crippen molar-refractivity contribution in [1.82, 2.24) is 10.3 Å². The topological polar surface area (TPSA) is 74.2 Å². The first-order chi connectivity index (χ1) is 7.86. The van der Waals surface area contributed by atoms with E-state index in [0.717, 1.165) is 12.2 Å². The molecule has 0 atom stereocenters. The fourth-order valence-corrected chi connectivity index (χ4v) is 1.96. The van der Waals surface area contributed by atoms with Crippen LogP contribution in [0.3, 0.4) is 0 Å². The molecule has 0 amide bonds. The first-order valence-corrected chi connectivity index (χ1v) is 6.83. The first kappa shape index (κ1) is 12.9. The predicted octanol–water partition coefficient (Wildman–Crippen LogP) is 1.95. The number of oxazole rings is 1. The Morgan fingerprint density at radius 3 is 3.25 bits per heavy atom. The highest BCUT2D eigenvalue weighted by molar-refractivity contribution is 8.13. The molecular weight excluding hydrogens is 244 g/mol. The van der Waals surface area contributed by atoms with E-state index in [4.69, 9.17) is 9.68 Å². The van der Waals surface area contributed by atoms with Crippen LogP contribution in [0.2, 0.25) is 0 Å². The van der Waals surface area contributed by atoms with Crippen molar-refractivity contribution in [2.45, 2.75) is 11.6 Å². The Morgan fingerprint density at radius 1 is 1.75 bits per heavy atom. The van der Waals surface area contributed by atoms with Crippen molar-refractivity contribution in [3.8, 4) is 6.19 Å². The highest BCUT2D eigenvalue weighted by atomic mass is 32.2. The number of aliphatic imine (C=N–C) groups is 1. The van der Waals surface area contributed by atoms with Crippen molar-refractivity contribution in [2.75, 3.05) is 18.6 Å². The van der Waals surface area contributed by atoms with Crippen LogP contribution in [0, 0.1) is 11.5 Å². The molecule has 0 aliphatic heterocycles. The van der Waals surface area contributed by atoms with Gasteiger partial charge in [0.25, 0.3) is 5.22 Å². The minimum Gasteiger partial charge on any atom is -0.440 e. The van der Waals surface area contributed by atoms with Gasteiger partial charge in [-0.05, 0) is 12.7 Å². The van der Waals surface area contributed by atoms with Gasteiger partial charge in [-0.25, -0.2) is 4.98 Å². The van der Waals surface area contributed by atoms with Crippen LogP contribution in [0.5, 0.6) is 0 Å². The molecule has 86 valence electrons. The molecule has 0 saturated heterocycles. The SMILES string of the molecule is CSC(=NCCCSc1ncco1)NC#N. The van der Waals surface area contributed by atoms with Crippen LogP contribution in [0.1, 0.15) is 6.42 Å². The fraction of sp³-hybridized carbons (Fsp3) is 0.444. The standard InChI is InChI=1S/C9H12N4OS2/c1-15-8(13-7-10)11-3-2-6-16-9-12-4-5-14-9/h4-5H,2-3,6H2,1H3,(H,11,13). The maximum Gasteiger partial charge on any atom is 0.255 e. The predicted molar refractivity (Wildman–Crippen MR) is 66.4 cm³/mol. The summed E-state index contributed by atoms with van der Waals surface area (Å²) >= 11 is 2.99. The van der Waals surface area contributed by atoms with Crippen molar-refractivity contribution in [3.05, 3.63) is 12.5 Å². The zero-order valence-electron chi connectivity index (χ0n) is 8.84. The van der Waals surface area contributed by atoms with Gasteiger partial charge in [-0.3, -0.25) is 10.3 Å². The lowest BCUT2D eigenvalue weighted by Gasteiger charge is -1.99. The van der Waals surface area contributed by atoms with E-state index in [0.29, 0.717) is 16.9 Å². The van der Waals surface area contributed by atoms with E-state index in [9.17, 15) is 0 Å². The number of hydrogen-bond acceptors (Lipinski definition) is 6. The summed E-state index contributed by atoms with van der Waals surface area (Å²) in [5, 5.41) is 12.3. The van der Waals surface area contributed by atoms with Gasteiger partial charge in [0.2, 0.25) is 0 Å². The number of rotatable bonds is 5. The van der Waals surface area contributed by atoms with Gasteiger partial charge in [0.1, 0.15) is 6.26 Å². The van der Waals surface area contributed by atoms with Crippen molar-refractivity contribution >= 4 is 28.7 Å². The number of nitrogens with one attached hydrogen (secondary N) is 1. The highest BCUT2D eigenvalue weighted by Crippen LogP contribution is 2.15. The number of thioether (sulfide) groups is 2. The van der Waals surface area contributed by atoms with Crippen LogP contribution in [0.4, 0.5) is 0 Å². The molecule has 0 bridgehead atoms. The van der Waals surface area contributed by atoms with Gasteiger partial charge in [0, 0.05) is 12.3 Å². The Balaban J connectivity index is 2.13. The monoisotopic (exact) mass is 256 g/mol. The Morgan fingerprint density at radius 2 is 2.62 bits per heavy atom. The van der Waals surface area contributed by atoms with Gasteiger partial charge < -0.3 is 4.42 Å². The zero-order valence-corrected chi connectivity index (χ0v) is 10.5. The van der Waals surface area contributed by atoms with E-state index in [-0.39, 0.29) is 0 Å². The van der Waals surface area contributed by atoms with Gasteiger partial charge in [0.05, 0.1) is 6.20 Å². The Hall–Kier alpha value is -1.13. The smallest absolute Gasteiger partial charge is 0.255 e. The van der Waals surface area contributed by atoms with E-state index in [2.05, 4.69) is 15.3 Å². The van der Waals surface area contributed by atoms with Crippen LogP contribution in [0.25, 0.3) is 0 Å². The first-order valence-electron chi connectivity index (χ1n) is 4.62. The van der Waals surface area contributed by atoms with E-state index in [1.807, 2.05) is 12.4 Å². The third-order valence-electron chi connectivity index (χ3n) is 1.55. The average Bonchev–Trinajstić information content (AvgIpc) is 2.80. The summed E-state index contributed by atoms with van der Waals surface area (Å²) in [5.41, 5.74) is 0. The lowest BCUT2D eigenvalue weighted by atomic mass is 10.5. The molecule has 16 heavy (non-hydrogen) atoms. The number of nitrogens with zero attached hydrogens (tertiary/aromatic N) is 3. The third kappa shape index (κ3) is 5.09. The molecule has 0 aromatic carbocycles. The quantitative estimate of drug-likeness (QED) is 0.217. The summed E-state index contributed by atoms with van der Waals surface area (Å²) in [6.45, 7) is 0.693. The van der Waals surface area contributed by atoms with Gasteiger partial charge in [-0.15, -0.1) is 0 Å². The molecule has 0 aliphatic carbocycles. The van der Waals surface area contributed by atoms with Gasteiger partial charge >= 0.3 is 0 Å². The molecule has 0 unspecified atom stereocenters. The molecule has 5 nitrogen and oxygen atoms in total. The van der Waals surface area contributed by atoms with E-state index in [1.165, 1.54) is 11.8 Å². The number of amidine groups is 1. The Kier molecular flexibility index (Phi) is 6.53. The maximum absolute atomic E-state index is 8.42. The molecule has 0 radical (unpaired) electrons. The summed E-state index contributed by atoms with van der Waals surface area (Å²) in [6, 6.07) is 0. The van der Waals surface area contributed by atoms with Crippen LogP contribution in [-0.4, -0.2) is 28.7 Å². The van der Waals surface area contributed by atoms with Crippen LogP contribution in [0.15, 0.2) is 27.1 Å². The summed E-state index contributed by atoms with van der Waals surface area (Å²) < 4.78 is 5.08. The molecule has 0 saturated carbocycles. The van der Waals surface area contributed by atoms with E-state index >= 15 is 0 Å². The van der Waals surface area contributed by atoms with Crippen molar-refractivity contribution in [3.63, 3.8) is 0 Å². The maximum atomic E-state index is 8.42. The lowest BCUT2D eigenvalue weighted by Crippen LogP contribution is -2.13. The lowest BCUT2D eigenvalue weighted by molar-refractivity contribution is 0.454. The van der Waals surface area contributed by atoms with E-state index in [1.54, 1.807) is 24.2 Å². The van der Waals surface area contributed by atoms with E-state index < -0.39 is 0 Å². The van der Waals surface area contributed by atoms with Crippen LogP contribution < -0.4 is 5.32 Å². The van der Waals surface area contributed by atoms with Crippen LogP contribution >= 0.6 is 23.5 Å². The number of aromatic nitrogens is 1. The summed E-state index contributed by atoms with van der Waals surface area (Å²) in [6.07, 6.45) is 7.84. The summed E-state index contributed by atoms with van der Waals surface area (Å²) in [5.74, 6) is 0.901. The Labute approximate surface area is 103 Å². The molecule has 1 aromatic heterocycles. The second-order valence-corrected chi connectivity index (χ2v) is 4.47. The van der Waals surface area contributed by atoms with Crippen LogP contribution in [-0.2, 0) is 0 Å². The minimum absolute atomic E-state index is 0.656. The molecule has 1 heterocycles. The molecule has 0 aliphatic rings. The fourth-order valence-electron chi connectivity index (χ4n) is 0.889. The van der Waals surface area contributed by atoms with Gasteiger partial charge in [-0.1, -0.05) is 23.5 Å². The molecule has 1 N–H and O–H groups in total. The third-order valence-corrected chi connectivity index (χ3v) is 3.11. The largest absolute Gasteiger partial charge is 0.440 e. The molecular formula is C9H12N4OS2. The van der Waals surface area contributed by atoms with Crippen molar-refractivity contribution in [2.24, 2.45) is 4.99 Å². The zero-order chi connectivity index (χ0) is 11.6. The molecule has 0 spiro atoms. The second kappa shape index (κ2) is 8.07. The van der Waals surface area contributed by atoms with Gasteiger partial charge in [-0.2, -0.15) is 5.26 Å². The second-order valence-electron chi connectivity index (χ2n) is 2.63. The number of nitriles is 1. The van der Waals surface area contributed by atoms with Gasteiger partial charge in [0.15, 0.2) is 11.4 Å². The summed E-state index contributed by atoms with van der Waals surface area (Å²) in [7, 11) is 0. The average molecular weight is 256 g/mol. The highest BCUT2D eigenvalue weighted by Gasteiger charge is 1.98. The number of hydrogen-bond donors (Lipinski definition) is 1. The molecule has 7 heteroatoms. The molecule has 0 fully saturated rings. The minimum atomic E-state index is 0.656. The van der Waals surface area contributed by atoms with Crippen molar-refractivity contribution < 1.29 is 4.42 Å². The molecule has 1 aromatic rings. The Bertz CT molecular complexity index is 358. The summed E-state index contributed by atoms with van der Waals surface area (Å²) in [4.78, 5) is 8.23. The normalized spacial score (nSPS) is 11.1. The van der Waals surface area contributed by atoms with Crippen molar-refractivity contribution in [1.29, 1.82) is 5.26 Å². The molecule has 1 rings (SSSR count).